The lowest BCUT2D eigenvalue weighted by molar-refractivity contribution is -0.163. The number of furan rings is 1. The Hall–Kier alpha value is -3.38. The second kappa shape index (κ2) is 14.4. The third kappa shape index (κ3) is 6.91. The van der Waals surface area contributed by atoms with Crippen LogP contribution in [0.15, 0.2) is 89.7 Å². The van der Waals surface area contributed by atoms with Crippen LogP contribution in [0.1, 0.15) is 90.4 Å². The van der Waals surface area contributed by atoms with Gasteiger partial charge in [0.1, 0.15) is 0 Å². The van der Waals surface area contributed by atoms with Gasteiger partial charge in [0.25, 0.3) is 0 Å². The first-order valence-electron chi connectivity index (χ1n) is 16.5. The molecule has 0 aliphatic heterocycles. The zero-order valence-corrected chi connectivity index (χ0v) is 28.0. The number of benzene rings is 1. The van der Waals surface area contributed by atoms with Crippen LogP contribution in [-0.4, -0.2) is 21.5 Å². The number of nitrogens with zero attached hydrogens (tertiary/aromatic N) is 1. The second-order valence-electron chi connectivity index (χ2n) is 13.1. The van der Waals surface area contributed by atoms with Crippen molar-refractivity contribution in [1.29, 1.82) is 0 Å². The summed E-state index contributed by atoms with van der Waals surface area (Å²) in [6.45, 7) is 12.9. The smallest absolute Gasteiger partial charge is 0.233 e. The first kappa shape index (κ1) is 33.0. The molecule has 5 atom stereocenters. The molecule has 2 aliphatic rings. The average molecular weight is 626 g/mol. The number of thioether (sulfide) groups is 1. The fourth-order valence-electron chi connectivity index (χ4n) is 7.87. The monoisotopic (exact) mass is 625 g/mol. The van der Waals surface area contributed by atoms with Crippen molar-refractivity contribution < 1.29 is 18.7 Å². The fraction of sp³-hybridized carbons (Fsp3) is 0.462. The fourth-order valence-corrected chi connectivity index (χ4v) is 9.01. The highest BCUT2D eigenvalue weighted by Gasteiger charge is 2.61. The van der Waals surface area contributed by atoms with Crippen molar-refractivity contribution >= 4 is 28.4 Å². The number of fused-ring (bicyclic) bond motifs is 1. The van der Waals surface area contributed by atoms with Crippen LogP contribution in [0.5, 0.6) is 0 Å². The van der Waals surface area contributed by atoms with Gasteiger partial charge in [0.05, 0.1) is 12.0 Å². The van der Waals surface area contributed by atoms with E-state index in [2.05, 4.69) is 63.5 Å². The van der Waals surface area contributed by atoms with Crippen LogP contribution in [0, 0.1) is 23.2 Å². The zero-order valence-electron chi connectivity index (χ0n) is 27.2. The molecule has 0 saturated heterocycles. The maximum atomic E-state index is 14.6. The highest BCUT2D eigenvalue weighted by atomic mass is 32.2. The molecule has 3 aromatic rings. The van der Waals surface area contributed by atoms with E-state index in [4.69, 9.17) is 9.15 Å². The molecule has 2 heterocycles. The highest BCUT2D eigenvalue weighted by molar-refractivity contribution is 8.13. The summed E-state index contributed by atoms with van der Waals surface area (Å²) >= 11 is 1.34. The standard InChI is InChI=1S/C39H47NO4S/c1-6-11-33(41)25-30-16-19-34-27(3)38(5,21-20-32(34)24-30)39(7-2,44-28(4)36-13-10-23-43-36)37(42)45-26-29-14-17-31(18-15-29)35-12-8-9-22-40-35/h8-10,12-15,17-18,22-23,25,27,32,34H,4,6-7,11,16,19-21,24,26H2,1-3,5H3/b30-25-/t27?,32?,34?,38?,39-/m0/s1. The van der Waals surface area contributed by atoms with Gasteiger partial charge >= 0.3 is 0 Å². The Morgan fingerprint density at radius 3 is 2.60 bits per heavy atom. The quantitative estimate of drug-likeness (QED) is 0.147. The minimum Gasteiger partial charge on any atom is -0.475 e. The molecule has 2 fully saturated rings. The van der Waals surface area contributed by atoms with E-state index in [9.17, 15) is 9.59 Å². The molecule has 2 saturated carbocycles. The van der Waals surface area contributed by atoms with E-state index in [1.807, 2.05) is 36.4 Å². The Kier molecular flexibility index (Phi) is 10.5. The summed E-state index contributed by atoms with van der Waals surface area (Å²) in [5.41, 5.74) is 2.87. The van der Waals surface area contributed by atoms with Gasteiger partial charge in [-0.05, 0) is 98.6 Å². The molecule has 5 rings (SSSR count). The van der Waals surface area contributed by atoms with Gasteiger partial charge in [-0.3, -0.25) is 14.6 Å². The van der Waals surface area contributed by atoms with Gasteiger partial charge in [-0.25, -0.2) is 0 Å². The number of hydrogen-bond donors (Lipinski definition) is 0. The summed E-state index contributed by atoms with van der Waals surface area (Å²) in [4.78, 5) is 31.5. The number of carbonyl (C=O) groups excluding carboxylic acids is 2. The van der Waals surface area contributed by atoms with E-state index in [1.165, 1.54) is 17.3 Å². The third-order valence-electron chi connectivity index (χ3n) is 10.6. The van der Waals surface area contributed by atoms with E-state index in [0.29, 0.717) is 41.9 Å². The van der Waals surface area contributed by atoms with Crippen molar-refractivity contribution in [3.63, 3.8) is 0 Å². The Bertz CT molecular complexity index is 1500. The molecular weight excluding hydrogens is 578 g/mol. The van der Waals surface area contributed by atoms with E-state index in [1.54, 1.807) is 12.5 Å². The predicted octanol–water partition coefficient (Wildman–Crippen LogP) is 10.1. The van der Waals surface area contributed by atoms with Crippen molar-refractivity contribution in [2.75, 3.05) is 0 Å². The first-order valence-corrected chi connectivity index (χ1v) is 17.5. The number of aromatic nitrogens is 1. The lowest BCUT2D eigenvalue weighted by atomic mass is 9.50. The van der Waals surface area contributed by atoms with Gasteiger partial charge in [0.15, 0.2) is 22.9 Å². The third-order valence-corrected chi connectivity index (χ3v) is 11.7. The van der Waals surface area contributed by atoms with Crippen LogP contribution in [0.25, 0.3) is 17.0 Å². The Morgan fingerprint density at radius 2 is 1.93 bits per heavy atom. The largest absolute Gasteiger partial charge is 0.475 e. The van der Waals surface area contributed by atoms with Gasteiger partial charge in [-0.1, -0.05) is 81.9 Å². The van der Waals surface area contributed by atoms with Crippen LogP contribution in [0.3, 0.4) is 0 Å². The van der Waals surface area contributed by atoms with Crippen molar-refractivity contribution in [2.45, 2.75) is 90.4 Å². The summed E-state index contributed by atoms with van der Waals surface area (Å²) in [7, 11) is 0. The molecule has 1 aromatic carbocycles. The van der Waals surface area contributed by atoms with Gasteiger partial charge in [-0.2, -0.15) is 0 Å². The average Bonchev–Trinajstić information content (AvgIpc) is 3.61. The lowest BCUT2D eigenvalue weighted by Gasteiger charge is -2.57. The van der Waals surface area contributed by atoms with Crippen LogP contribution in [0.2, 0.25) is 0 Å². The maximum absolute atomic E-state index is 14.6. The van der Waals surface area contributed by atoms with Crippen molar-refractivity contribution in [1.82, 2.24) is 4.98 Å². The molecule has 0 bridgehead atoms. The maximum Gasteiger partial charge on any atom is 0.233 e. The summed E-state index contributed by atoms with van der Waals surface area (Å²) in [6, 6.07) is 17.8. The molecule has 2 aromatic heterocycles. The van der Waals surface area contributed by atoms with E-state index < -0.39 is 11.0 Å². The normalized spacial score (nSPS) is 25.2. The number of pyridine rings is 1. The number of allylic oxidation sites excluding steroid dienone is 2. The summed E-state index contributed by atoms with van der Waals surface area (Å²) < 4.78 is 12.5. The van der Waals surface area contributed by atoms with Gasteiger partial charge in [-0.15, -0.1) is 0 Å². The van der Waals surface area contributed by atoms with Crippen molar-refractivity contribution in [3.05, 3.63) is 96.6 Å². The summed E-state index contributed by atoms with van der Waals surface area (Å²) in [6.07, 6.45) is 12.2. The van der Waals surface area contributed by atoms with Crippen LogP contribution < -0.4 is 0 Å². The number of carbonyl (C=O) groups is 2. The molecule has 0 radical (unpaired) electrons. The number of ether oxygens (including phenoxy) is 1. The molecule has 0 spiro atoms. The Balaban J connectivity index is 1.38. The SMILES string of the molecule is C=C(O[C@@](CC)(C(=O)SCc1ccc(-c2ccccn2)cc1)C1(C)CCC2C/C(=C\C(=O)CCC)CCC2C1C)c1ccco1. The first-order chi connectivity index (χ1) is 21.7. The number of ketones is 1. The molecule has 4 unspecified atom stereocenters. The highest BCUT2D eigenvalue weighted by Crippen LogP contribution is 2.60. The predicted molar refractivity (Wildman–Crippen MR) is 183 cm³/mol. The van der Waals surface area contributed by atoms with Crippen molar-refractivity contribution in [2.24, 2.45) is 23.2 Å². The number of hydrogen-bond acceptors (Lipinski definition) is 6. The summed E-state index contributed by atoms with van der Waals surface area (Å²) in [5, 5.41) is 0.0425. The van der Waals surface area contributed by atoms with E-state index >= 15 is 0 Å². The minimum absolute atomic E-state index is 0.0425. The van der Waals surface area contributed by atoms with Gasteiger partial charge < -0.3 is 9.15 Å². The molecule has 45 heavy (non-hydrogen) atoms. The second-order valence-corrected chi connectivity index (χ2v) is 14.0. The molecule has 0 amide bonds. The molecule has 5 nitrogen and oxygen atoms in total. The van der Waals surface area contributed by atoms with Gasteiger partial charge in [0, 0.05) is 29.3 Å². The topological polar surface area (TPSA) is 69.4 Å². The van der Waals surface area contributed by atoms with Crippen molar-refractivity contribution in [3.8, 4) is 11.3 Å². The lowest BCUT2D eigenvalue weighted by Crippen LogP contribution is -2.60. The van der Waals surface area contributed by atoms with E-state index in [-0.39, 0.29) is 16.8 Å². The minimum atomic E-state index is -1.08. The molecular formula is C39H47NO4S. The molecule has 0 N–H and O–H groups in total. The van der Waals surface area contributed by atoms with Crippen LogP contribution >= 0.6 is 11.8 Å². The zero-order chi connectivity index (χ0) is 32.0. The Labute approximate surface area is 272 Å². The summed E-state index contributed by atoms with van der Waals surface area (Å²) in [5.74, 6) is 2.98. The van der Waals surface area contributed by atoms with Crippen LogP contribution in [0.4, 0.5) is 0 Å². The molecule has 6 heteroatoms. The van der Waals surface area contributed by atoms with E-state index in [0.717, 1.165) is 55.3 Å². The van der Waals surface area contributed by atoms with Crippen LogP contribution in [-0.2, 0) is 20.1 Å². The number of rotatable bonds is 12. The van der Waals surface area contributed by atoms with Gasteiger partial charge in [0.2, 0.25) is 5.12 Å². The molecule has 2 aliphatic carbocycles. The molecule has 238 valence electrons. The Morgan fingerprint density at radius 1 is 1.13 bits per heavy atom.